The minimum absolute atomic E-state index is 0.129. The lowest BCUT2D eigenvalue weighted by Crippen LogP contribution is -2.20. The molecule has 1 aromatic carbocycles. The Morgan fingerprint density at radius 3 is 2.71 bits per heavy atom. The molecule has 0 aliphatic rings. The molecular weight excluding hydrogens is 392 g/mol. The molecule has 0 saturated heterocycles. The first-order valence-electron chi connectivity index (χ1n) is 6.88. The lowest BCUT2D eigenvalue weighted by molar-refractivity contribution is 0.106. The van der Waals surface area contributed by atoms with Gasteiger partial charge in [-0.1, -0.05) is 6.07 Å². The number of thiazole rings is 1. The molecule has 0 bridgehead atoms. The standard InChI is InChI=1S/C17H11BrN2O3S/c18-12-7-10(1-2-13(12)21)8-15-17(23)20-16(24-15)9-14(22)11-3-5-19-6-4-11/h1-9,21H,(H,20,23). The number of phenolic OH excluding ortho intramolecular Hbond substituents is 1. The van der Waals surface area contributed by atoms with E-state index in [0.29, 0.717) is 19.2 Å². The highest BCUT2D eigenvalue weighted by atomic mass is 79.9. The van der Waals surface area contributed by atoms with Crippen molar-refractivity contribution in [3.05, 3.63) is 77.9 Å². The number of hydrogen-bond donors (Lipinski definition) is 2. The molecule has 0 aliphatic heterocycles. The summed E-state index contributed by atoms with van der Waals surface area (Å²) in [6, 6.07) is 8.18. The van der Waals surface area contributed by atoms with E-state index in [2.05, 4.69) is 25.9 Å². The first-order chi connectivity index (χ1) is 11.5. The molecule has 0 atom stereocenters. The molecule has 24 heavy (non-hydrogen) atoms. The summed E-state index contributed by atoms with van der Waals surface area (Å²) in [5, 5.41) is 9.50. The van der Waals surface area contributed by atoms with E-state index in [4.69, 9.17) is 0 Å². The Bertz CT molecular complexity index is 1070. The van der Waals surface area contributed by atoms with Crippen LogP contribution in [0.15, 0.2) is 52.0 Å². The van der Waals surface area contributed by atoms with Crippen LogP contribution in [0.4, 0.5) is 0 Å². The largest absolute Gasteiger partial charge is 0.507 e. The summed E-state index contributed by atoms with van der Waals surface area (Å²) < 4.78 is 1.50. The van der Waals surface area contributed by atoms with Crippen molar-refractivity contribution < 1.29 is 9.90 Å². The van der Waals surface area contributed by atoms with Crippen molar-refractivity contribution in [2.75, 3.05) is 0 Å². The molecule has 3 rings (SSSR count). The van der Waals surface area contributed by atoms with Crippen LogP contribution < -0.4 is 14.8 Å². The zero-order valence-corrected chi connectivity index (χ0v) is 14.6. The monoisotopic (exact) mass is 402 g/mol. The maximum atomic E-state index is 12.1. The molecule has 2 aromatic heterocycles. The topological polar surface area (TPSA) is 83.0 Å². The second-order valence-corrected chi connectivity index (χ2v) is 6.82. The number of aromatic amines is 1. The molecule has 3 aromatic rings. The number of aromatic hydroxyl groups is 1. The zero-order valence-electron chi connectivity index (χ0n) is 12.2. The predicted octanol–water partition coefficient (Wildman–Crippen LogP) is 1.79. The van der Waals surface area contributed by atoms with Crippen LogP contribution in [0.25, 0.3) is 12.2 Å². The van der Waals surface area contributed by atoms with Gasteiger partial charge in [-0.25, -0.2) is 0 Å². The number of nitrogens with one attached hydrogen (secondary N) is 1. The molecule has 0 unspecified atom stereocenters. The second kappa shape index (κ2) is 6.94. The summed E-state index contributed by atoms with van der Waals surface area (Å²) in [6.07, 6.45) is 6.17. The highest BCUT2D eigenvalue weighted by Gasteiger charge is 2.03. The minimum atomic E-state index is -0.266. The molecule has 0 fully saturated rings. The summed E-state index contributed by atoms with van der Waals surface area (Å²) in [6.45, 7) is 0. The van der Waals surface area contributed by atoms with E-state index in [1.54, 1.807) is 42.7 Å². The predicted molar refractivity (Wildman–Crippen MR) is 96.6 cm³/mol. The van der Waals surface area contributed by atoms with Crippen molar-refractivity contribution in [3.63, 3.8) is 0 Å². The summed E-state index contributed by atoms with van der Waals surface area (Å²) in [5.41, 5.74) is 1.00. The molecule has 0 saturated carbocycles. The van der Waals surface area contributed by atoms with Gasteiger partial charge in [-0.3, -0.25) is 14.6 Å². The first-order valence-corrected chi connectivity index (χ1v) is 8.49. The first kappa shape index (κ1) is 16.4. The fourth-order valence-electron chi connectivity index (χ4n) is 2.01. The molecule has 2 heterocycles. The van der Waals surface area contributed by atoms with Gasteiger partial charge < -0.3 is 10.1 Å². The van der Waals surface area contributed by atoms with E-state index in [-0.39, 0.29) is 17.1 Å². The Morgan fingerprint density at radius 2 is 2.00 bits per heavy atom. The average molecular weight is 403 g/mol. The van der Waals surface area contributed by atoms with Gasteiger partial charge in [-0.2, -0.15) is 0 Å². The summed E-state index contributed by atoms with van der Waals surface area (Å²) in [4.78, 5) is 30.7. The van der Waals surface area contributed by atoms with Crippen molar-refractivity contribution >= 4 is 45.2 Å². The number of nitrogens with zero attached hydrogens (tertiary/aromatic N) is 1. The van der Waals surface area contributed by atoms with Crippen molar-refractivity contribution in [1.29, 1.82) is 0 Å². The minimum Gasteiger partial charge on any atom is -0.507 e. The third kappa shape index (κ3) is 3.69. The third-order valence-corrected chi connectivity index (χ3v) is 4.78. The Labute approximate surface area is 148 Å². The van der Waals surface area contributed by atoms with E-state index >= 15 is 0 Å². The molecule has 2 N–H and O–H groups in total. The quantitative estimate of drug-likeness (QED) is 0.654. The number of hydrogen-bond acceptors (Lipinski definition) is 5. The summed E-state index contributed by atoms with van der Waals surface area (Å²) >= 11 is 4.43. The highest BCUT2D eigenvalue weighted by molar-refractivity contribution is 9.10. The van der Waals surface area contributed by atoms with Crippen LogP contribution >= 0.6 is 27.3 Å². The van der Waals surface area contributed by atoms with Gasteiger partial charge in [0.05, 0.1) is 13.7 Å². The van der Waals surface area contributed by atoms with Gasteiger partial charge in [0.25, 0.3) is 5.56 Å². The maximum Gasteiger partial charge on any atom is 0.266 e. The molecule has 0 radical (unpaired) electrons. The number of ketones is 1. The van der Waals surface area contributed by atoms with E-state index in [1.165, 1.54) is 23.5 Å². The SMILES string of the molecule is O=C(C=c1[nH]c(=O)c(=Cc2ccc(O)c(Br)c2)s1)c1ccncc1. The van der Waals surface area contributed by atoms with E-state index in [1.807, 2.05) is 0 Å². The number of benzene rings is 1. The van der Waals surface area contributed by atoms with Crippen LogP contribution in [0.1, 0.15) is 15.9 Å². The molecule has 120 valence electrons. The van der Waals surface area contributed by atoms with Crippen LogP contribution in [-0.4, -0.2) is 20.9 Å². The molecule has 7 heteroatoms. The molecule has 5 nitrogen and oxygen atoms in total. The van der Waals surface area contributed by atoms with Gasteiger partial charge in [-0.05, 0) is 51.8 Å². The van der Waals surface area contributed by atoms with Crippen molar-refractivity contribution in [2.24, 2.45) is 0 Å². The maximum absolute atomic E-state index is 12.1. The van der Waals surface area contributed by atoms with Gasteiger partial charge in [-0.15, -0.1) is 11.3 Å². The smallest absolute Gasteiger partial charge is 0.266 e. The van der Waals surface area contributed by atoms with Crippen LogP contribution in [0, 0.1) is 0 Å². The number of halogens is 1. The highest BCUT2D eigenvalue weighted by Crippen LogP contribution is 2.24. The number of phenols is 1. The van der Waals surface area contributed by atoms with E-state index < -0.39 is 0 Å². The Morgan fingerprint density at radius 1 is 1.25 bits per heavy atom. The summed E-state index contributed by atoms with van der Waals surface area (Å²) in [7, 11) is 0. The number of H-pyrrole nitrogens is 1. The fraction of sp³-hybridized carbons (Fsp3) is 0. The van der Waals surface area contributed by atoms with E-state index in [9.17, 15) is 14.7 Å². The number of pyridine rings is 1. The molecular formula is C17H11BrN2O3S. The third-order valence-electron chi connectivity index (χ3n) is 3.18. The Kier molecular flexibility index (Phi) is 4.73. The summed E-state index contributed by atoms with van der Waals surface area (Å²) in [5.74, 6) is -0.0713. The Hall–Kier alpha value is -2.51. The molecule has 0 aliphatic carbocycles. The lowest BCUT2D eigenvalue weighted by Gasteiger charge is -1.97. The fourth-order valence-corrected chi connectivity index (χ4v) is 3.29. The number of aromatic nitrogens is 2. The second-order valence-electron chi connectivity index (χ2n) is 4.88. The van der Waals surface area contributed by atoms with Gasteiger partial charge in [0.2, 0.25) is 0 Å². The number of rotatable bonds is 3. The molecule has 0 amide bonds. The molecule has 0 spiro atoms. The van der Waals surface area contributed by atoms with Crippen LogP contribution in [0.2, 0.25) is 0 Å². The van der Waals surface area contributed by atoms with Crippen LogP contribution in [0.5, 0.6) is 5.75 Å². The van der Waals surface area contributed by atoms with Crippen molar-refractivity contribution in [2.45, 2.75) is 0 Å². The number of carbonyl (C=O) groups excluding carboxylic acids is 1. The van der Waals surface area contributed by atoms with Crippen LogP contribution in [-0.2, 0) is 0 Å². The Balaban J connectivity index is 2.00. The normalized spacial score (nSPS) is 12.5. The van der Waals surface area contributed by atoms with Crippen molar-refractivity contribution in [1.82, 2.24) is 9.97 Å². The van der Waals surface area contributed by atoms with Crippen LogP contribution in [0.3, 0.4) is 0 Å². The van der Waals surface area contributed by atoms with Gasteiger partial charge in [0.1, 0.15) is 5.75 Å². The lowest BCUT2D eigenvalue weighted by atomic mass is 10.2. The number of carbonyl (C=O) groups is 1. The number of Topliss-reactive ketones (excluding diaryl/α,β-unsaturated/α-hetero) is 1. The van der Waals surface area contributed by atoms with Gasteiger partial charge in [0, 0.05) is 24.0 Å². The van der Waals surface area contributed by atoms with E-state index in [0.717, 1.165) is 5.56 Å². The zero-order chi connectivity index (χ0) is 17.1. The van der Waals surface area contributed by atoms with Crippen molar-refractivity contribution in [3.8, 4) is 5.75 Å². The average Bonchev–Trinajstić information content (AvgIpc) is 2.91. The van der Waals surface area contributed by atoms with Gasteiger partial charge in [0.15, 0.2) is 5.78 Å². The van der Waals surface area contributed by atoms with Gasteiger partial charge >= 0.3 is 0 Å².